The summed E-state index contributed by atoms with van der Waals surface area (Å²) in [5.74, 6) is -0.117. The highest BCUT2D eigenvalue weighted by atomic mass is 16.7. The lowest BCUT2D eigenvalue weighted by atomic mass is 10.2. The van der Waals surface area contributed by atoms with E-state index < -0.39 is 0 Å². The van der Waals surface area contributed by atoms with Crippen LogP contribution in [0.25, 0.3) is 0 Å². The van der Waals surface area contributed by atoms with E-state index in [1.54, 1.807) is 0 Å². The molecule has 1 aromatic carbocycles. The van der Waals surface area contributed by atoms with Crippen LogP contribution in [0.1, 0.15) is 11.3 Å². The zero-order valence-electron chi connectivity index (χ0n) is 10.4. The molecule has 0 amide bonds. The maximum Gasteiger partial charge on any atom is 0.364 e. The smallest absolute Gasteiger partial charge is 0.364 e. The molecule has 0 saturated heterocycles. The monoisotopic (exact) mass is 261 g/mol. The van der Waals surface area contributed by atoms with E-state index in [1.807, 2.05) is 30.3 Å². The number of imidazole rings is 1. The highest BCUT2D eigenvalue weighted by Gasteiger charge is 2.22. The molecule has 0 radical (unpaired) electrons. The molecule has 0 atom stereocenters. The molecular weight excluding hydrogens is 246 g/mol. The first-order valence-corrected chi connectivity index (χ1v) is 6.18. The fourth-order valence-corrected chi connectivity index (χ4v) is 2.19. The lowest BCUT2D eigenvalue weighted by molar-refractivity contribution is 0.0715. The number of benzene rings is 1. The van der Waals surface area contributed by atoms with E-state index in [1.165, 1.54) is 4.57 Å². The fourth-order valence-electron chi connectivity index (χ4n) is 2.19. The van der Waals surface area contributed by atoms with Crippen molar-refractivity contribution < 1.29 is 9.94 Å². The van der Waals surface area contributed by atoms with Crippen molar-refractivity contribution in [1.82, 2.24) is 14.6 Å². The second-order valence-corrected chi connectivity index (χ2v) is 4.43. The molecule has 2 heterocycles. The lowest BCUT2D eigenvalue weighted by Gasteiger charge is -2.13. The number of hydrogen-bond acceptors (Lipinski definition) is 4. The minimum Gasteiger partial charge on any atom is -0.491 e. The van der Waals surface area contributed by atoms with Crippen LogP contribution in [0.4, 0.5) is 0 Å². The van der Waals surface area contributed by atoms with Crippen molar-refractivity contribution in [1.29, 1.82) is 0 Å². The fraction of sp³-hybridized carbons (Fsp3) is 0.308. The minimum absolute atomic E-state index is 0.117. The predicted molar refractivity (Wildman–Crippen MR) is 68.8 cm³/mol. The van der Waals surface area contributed by atoms with E-state index in [-0.39, 0.29) is 18.2 Å². The first-order valence-electron chi connectivity index (χ1n) is 6.18. The molecular formula is C13H15N3O3. The van der Waals surface area contributed by atoms with Gasteiger partial charge in [0.05, 0.1) is 5.69 Å². The molecule has 3 rings (SSSR count). The Morgan fingerprint density at radius 1 is 1.32 bits per heavy atom. The van der Waals surface area contributed by atoms with E-state index in [0.717, 1.165) is 16.8 Å². The largest absolute Gasteiger partial charge is 0.491 e. The first kappa shape index (κ1) is 11.9. The standard InChI is InChI=1S/C13H15N3O3/c17-12-11-8-14-6-7-15(11)13(18)16(12)19-9-10-4-2-1-3-5-10/h1-5,14,17H,6-9H2. The highest BCUT2D eigenvalue weighted by molar-refractivity contribution is 5.21. The molecule has 1 aliphatic rings. The van der Waals surface area contributed by atoms with Gasteiger partial charge in [-0.25, -0.2) is 4.79 Å². The van der Waals surface area contributed by atoms with Crippen molar-refractivity contribution in [2.24, 2.45) is 0 Å². The SMILES string of the molecule is O=c1n2c(c(O)n1OCc1ccccc1)CNCC2. The van der Waals surface area contributed by atoms with Crippen LogP contribution in [0, 0.1) is 0 Å². The summed E-state index contributed by atoms with van der Waals surface area (Å²) in [5.41, 5.74) is 1.19. The van der Waals surface area contributed by atoms with Gasteiger partial charge < -0.3 is 15.3 Å². The molecule has 1 aliphatic heterocycles. The third-order valence-electron chi connectivity index (χ3n) is 3.19. The van der Waals surface area contributed by atoms with E-state index in [0.29, 0.717) is 18.8 Å². The number of hydrogen-bond donors (Lipinski definition) is 2. The number of aromatic hydroxyl groups is 1. The van der Waals surface area contributed by atoms with Crippen LogP contribution >= 0.6 is 0 Å². The van der Waals surface area contributed by atoms with E-state index in [4.69, 9.17) is 4.84 Å². The van der Waals surface area contributed by atoms with Gasteiger partial charge in [-0.1, -0.05) is 35.1 Å². The zero-order valence-corrected chi connectivity index (χ0v) is 10.4. The Morgan fingerprint density at radius 3 is 2.84 bits per heavy atom. The van der Waals surface area contributed by atoms with E-state index in [2.05, 4.69) is 5.32 Å². The average Bonchev–Trinajstić information content (AvgIpc) is 2.71. The van der Waals surface area contributed by atoms with Crippen molar-refractivity contribution in [3.05, 3.63) is 52.1 Å². The van der Waals surface area contributed by atoms with Gasteiger partial charge in [-0.3, -0.25) is 4.57 Å². The Bertz CT molecular complexity index is 631. The van der Waals surface area contributed by atoms with E-state index in [9.17, 15) is 9.90 Å². The Balaban J connectivity index is 1.86. The zero-order chi connectivity index (χ0) is 13.2. The predicted octanol–water partition coefficient (Wildman–Crippen LogP) is 0.0874. The molecule has 100 valence electrons. The average molecular weight is 261 g/mol. The van der Waals surface area contributed by atoms with Crippen LogP contribution in [0.15, 0.2) is 35.1 Å². The Morgan fingerprint density at radius 2 is 2.11 bits per heavy atom. The third-order valence-corrected chi connectivity index (χ3v) is 3.19. The Labute approximate surface area is 109 Å². The summed E-state index contributed by atoms with van der Waals surface area (Å²) in [7, 11) is 0. The summed E-state index contributed by atoms with van der Waals surface area (Å²) in [4.78, 5) is 17.5. The van der Waals surface area contributed by atoms with Gasteiger partial charge in [-0.15, -0.1) is 0 Å². The molecule has 0 saturated carbocycles. The van der Waals surface area contributed by atoms with Gasteiger partial charge in [-0.05, 0) is 5.56 Å². The van der Waals surface area contributed by atoms with Gasteiger partial charge in [0.25, 0.3) is 5.88 Å². The molecule has 0 unspecified atom stereocenters. The normalized spacial score (nSPS) is 14.1. The molecule has 6 nitrogen and oxygen atoms in total. The summed E-state index contributed by atoms with van der Waals surface area (Å²) >= 11 is 0. The van der Waals surface area contributed by atoms with Crippen molar-refractivity contribution in [2.75, 3.05) is 6.54 Å². The van der Waals surface area contributed by atoms with Crippen molar-refractivity contribution in [3.8, 4) is 5.88 Å². The Hall–Kier alpha value is -2.21. The number of nitrogens with one attached hydrogen (secondary N) is 1. The van der Waals surface area contributed by atoms with Crippen LogP contribution in [0.5, 0.6) is 5.88 Å². The number of fused-ring (bicyclic) bond motifs is 1. The van der Waals surface area contributed by atoms with Gasteiger partial charge >= 0.3 is 5.69 Å². The molecule has 19 heavy (non-hydrogen) atoms. The molecule has 2 aromatic rings. The van der Waals surface area contributed by atoms with Crippen LogP contribution in [0.2, 0.25) is 0 Å². The maximum atomic E-state index is 12.1. The summed E-state index contributed by atoms with van der Waals surface area (Å²) in [6.07, 6.45) is 0. The van der Waals surface area contributed by atoms with Gasteiger partial charge in [0, 0.05) is 19.6 Å². The van der Waals surface area contributed by atoms with Crippen LogP contribution < -0.4 is 15.8 Å². The van der Waals surface area contributed by atoms with Gasteiger partial charge in [0.2, 0.25) is 0 Å². The molecule has 0 fully saturated rings. The van der Waals surface area contributed by atoms with Crippen molar-refractivity contribution in [2.45, 2.75) is 19.7 Å². The highest BCUT2D eigenvalue weighted by Crippen LogP contribution is 2.16. The van der Waals surface area contributed by atoms with Crippen LogP contribution in [0.3, 0.4) is 0 Å². The summed E-state index contributed by atoms with van der Waals surface area (Å²) in [6.45, 7) is 1.98. The Kier molecular flexibility index (Phi) is 3.00. The topological polar surface area (TPSA) is 68.4 Å². The van der Waals surface area contributed by atoms with Crippen molar-refractivity contribution >= 4 is 0 Å². The van der Waals surface area contributed by atoms with Crippen LogP contribution in [-0.2, 0) is 19.7 Å². The molecule has 0 spiro atoms. The lowest BCUT2D eigenvalue weighted by Crippen LogP contribution is -2.35. The molecule has 6 heteroatoms. The molecule has 0 bridgehead atoms. The quantitative estimate of drug-likeness (QED) is 0.821. The number of aromatic nitrogens is 2. The maximum absolute atomic E-state index is 12.1. The molecule has 2 N–H and O–H groups in total. The molecule has 0 aliphatic carbocycles. The first-order chi connectivity index (χ1) is 9.27. The van der Waals surface area contributed by atoms with Crippen LogP contribution in [-0.4, -0.2) is 20.9 Å². The van der Waals surface area contributed by atoms with E-state index >= 15 is 0 Å². The van der Waals surface area contributed by atoms with Crippen molar-refractivity contribution in [3.63, 3.8) is 0 Å². The number of rotatable bonds is 3. The third kappa shape index (κ3) is 2.10. The summed E-state index contributed by atoms with van der Waals surface area (Å²) < 4.78 is 2.51. The van der Waals surface area contributed by atoms with Gasteiger partial charge in [-0.2, -0.15) is 0 Å². The summed E-state index contributed by atoms with van der Waals surface area (Å²) in [6, 6.07) is 9.52. The second-order valence-electron chi connectivity index (χ2n) is 4.43. The minimum atomic E-state index is -0.329. The number of nitrogens with zero attached hydrogens (tertiary/aromatic N) is 2. The molecule has 1 aromatic heterocycles. The summed E-state index contributed by atoms with van der Waals surface area (Å²) in [5, 5.41) is 13.1. The van der Waals surface area contributed by atoms with Gasteiger partial charge in [0.15, 0.2) is 0 Å². The van der Waals surface area contributed by atoms with Gasteiger partial charge in [0.1, 0.15) is 6.61 Å². The second kappa shape index (κ2) is 4.81.